The highest BCUT2D eigenvalue weighted by atomic mass is 16.5. The number of methoxy groups -OCH3 is 2. The molecule has 0 unspecified atom stereocenters. The van der Waals surface area contributed by atoms with Crippen LogP contribution in [0.1, 0.15) is 16.8 Å². The molecule has 0 spiro atoms. The van der Waals surface area contributed by atoms with E-state index in [1.54, 1.807) is 14.2 Å². The molecule has 0 amide bonds. The molecular formula is C24H29N5O2. The van der Waals surface area contributed by atoms with E-state index in [2.05, 4.69) is 58.5 Å². The number of fused-ring (bicyclic) bond motifs is 1. The van der Waals surface area contributed by atoms with Gasteiger partial charge in [0.15, 0.2) is 0 Å². The Morgan fingerprint density at radius 2 is 1.87 bits per heavy atom. The molecular weight excluding hydrogens is 390 g/mol. The van der Waals surface area contributed by atoms with Crippen molar-refractivity contribution in [3.05, 3.63) is 65.5 Å². The van der Waals surface area contributed by atoms with Crippen LogP contribution < -0.4 is 19.7 Å². The summed E-state index contributed by atoms with van der Waals surface area (Å²) >= 11 is 0. The van der Waals surface area contributed by atoms with Crippen LogP contribution in [-0.2, 0) is 19.5 Å². The average molecular weight is 420 g/mol. The van der Waals surface area contributed by atoms with Crippen molar-refractivity contribution in [2.24, 2.45) is 0 Å². The number of benzene rings is 2. The van der Waals surface area contributed by atoms with E-state index in [0.717, 1.165) is 43.2 Å². The van der Waals surface area contributed by atoms with Crippen molar-refractivity contribution in [2.45, 2.75) is 19.5 Å². The van der Waals surface area contributed by atoms with Gasteiger partial charge in [-0.05, 0) is 29.8 Å². The van der Waals surface area contributed by atoms with E-state index < -0.39 is 0 Å². The number of nitrogens with one attached hydrogen (secondary N) is 1. The molecule has 0 fully saturated rings. The summed E-state index contributed by atoms with van der Waals surface area (Å²) in [6.07, 6.45) is 2.83. The second-order valence-electron chi connectivity index (χ2n) is 7.88. The molecule has 0 saturated carbocycles. The summed E-state index contributed by atoms with van der Waals surface area (Å²) in [7, 11) is 7.40. The Hall–Kier alpha value is -3.32. The van der Waals surface area contributed by atoms with E-state index in [4.69, 9.17) is 14.5 Å². The minimum Gasteiger partial charge on any atom is -0.497 e. The van der Waals surface area contributed by atoms with Gasteiger partial charge in [-0.15, -0.1) is 0 Å². The van der Waals surface area contributed by atoms with Crippen LogP contribution in [0.15, 0.2) is 48.7 Å². The summed E-state index contributed by atoms with van der Waals surface area (Å²) in [5.74, 6) is 2.03. The molecule has 2 heterocycles. The average Bonchev–Trinajstić information content (AvgIpc) is 2.79. The van der Waals surface area contributed by atoms with Gasteiger partial charge in [-0.3, -0.25) is 4.90 Å². The van der Waals surface area contributed by atoms with Crippen molar-refractivity contribution in [3.8, 4) is 11.5 Å². The smallest absolute Gasteiger partial charge is 0.227 e. The van der Waals surface area contributed by atoms with Crippen LogP contribution in [0.3, 0.4) is 0 Å². The second-order valence-corrected chi connectivity index (χ2v) is 7.88. The molecule has 7 nitrogen and oxygen atoms in total. The zero-order valence-corrected chi connectivity index (χ0v) is 18.6. The highest BCUT2D eigenvalue weighted by Crippen LogP contribution is 2.31. The van der Waals surface area contributed by atoms with E-state index in [1.807, 2.05) is 24.4 Å². The molecule has 0 bridgehead atoms. The van der Waals surface area contributed by atoms with Crippen molar-refractivity contribution in [1.29, 1.82) is 0 Å². The standard InChI is InChI=1S/C24H29N5O2/c1-28(2)19-7-5-17(6-8-19)15-29-12-11-21-18(16-29)14-25-24(26-21)27-22-13-20(30-3)9-10-23(22)31-4/h5-10,13-14H,11-12,15-16H2,1-4H3,(H,25,26,27). The number of hydrogen-bond acceptors (Lipinski definition) is 7. The lowest BCUT2D eigenvalue weighted by Crippen LogP contribution is -2.31. The molecule has 3 aromatic rings. The molecule has 1 aromatic heterocycles. The minimum absolute atomic E-state index is 0.568. The number of nitrogens with zero attached hydrogens (tertiary/aromatic N) is 4. The van der Waals surface area contributed by atoms with E-state index in [-0.39, 0.29) is 0 Å². The quantitative estimate of drug-likeness (QED) is 0.624. The van der Waals surface area contributed by atoms with Gasteiger partial charge in [-0.25, -0.2) is 9.97 Å². The zero-order valence-electron chi connectivity index (χ0n) is 18.6. The molecule has 0 atom stereocenters. The number of aromatic nitrogens is 2. The van der Waals surface area contributed by atoms with Gasteiger partial charge in [0.1, 0.15) is 11.5 Å². The first-order chi connectivity index (χ1) is 15.1. The van der Waals surface area contributed by atoms with Gasteiger partial charge in [-0.1, -0.05) is 12.1 Å². The van der Waals surface area contributed by atoms with Crippen LogP contribution in [0.4, 0.5) is 17.3 Å². The Morgan fingerprint density at radius 1 is 1.06 bits per heavy atom. The lowest BCUT2D eigenvalue weighted by Gasteiger charge is -2.28. The Labute approximate surface area is 183 Å². The first-order valence-corrected chi connectivity index (χ1v) is 10.4. The predicted octanol–water partition coefficient (Wildman–Crippen LogP) is 3.86. The first-order valence-electron chi connectivity index (χ1n) is 10.4. The molecule has 162 valence electrons. The van der Waals surface area contributed by atoms with Crippen molar-refractivity contribution in [1.82, 2.24) is 14.9 Å². The number of ether oxygens (including phenoxy) is 2. The maximum atomic E-state index is 5.44. The zero-order chi connectivity index (χ0) is 21.8. The van der Waals surface area contributed by atoms with Gasteiger partial charge in [0.25, 0.3) is 0 Å². The van der Waals surface area contributed by atoms with Crippen molar-refractivity contribution in [3.63, 3.8) is 0 Å². The highest BCUT2D eigenvalue weighted by Gasteiger charge is 2.19. The Kier molecular flexibility index (Phi) is 6.23. The van der Waals surface area contributed by atoms with Crippen LogP contribution in [0, 0.1) is 0 Å². The summed E-state index contributed by atoms with van der Waals surface area (Å²) in [6.45, 7) is 2.75. The second kappa shape index (κ2) is 9.22. The maximum Gasteiger partial charge on any atom is 0.227 e. The van der Waals surface area contributed by atoms with Gasteiger partial charge in [0.05, 0.1) is 25.6 Å². The monoisotopic (exact) mass is 419 g/mol. The van der Waals surface area contributed by atoms with E-state index in [0.29, 0.717) is 11.7 Å². The fourth-order valence-electron chi connectivity index (χ4n) is 3.76. The number of rotatable bonds is 7. The van der Waals surface area contributed by atoms with E-state index in [1.165, 1.54) is 16.8 Å². The molecule has 31 heavy (non-hydrogen) atoms. The third-order valence-corrected chi connectivity index (χ3v) is 5.53. The molecule has 1 N–H and O–H groups in total. The first kappa shape index (κ1) is 20.9. The van der Waals surface area contributed by atoms with Crippen LogP contribution in [0.25, 0.3) is 0 Å². The largest absolute Gasteiger partial charge is 0.497 e. The Morgan fingerprint density at radius 3 is 2.58 bits per heavy atom. The van der Waals surface area contributed by atoms with Crippen molar-refractivity contribution in [2.75, 3.05) is 45.1 Å². The van der Waals surface area contributed by atoms with Gasteiger partial charge >= 0.3 is 0 Å². The predicted molar refractivity (Wildman–Crippen MR) is 123 cm³/mol. The molecule has 2 aromatic carbocycles. The molecule has 1 aliphatic rings. The van der Waals surface area contributed by atoms with Crippen LogP contribution in [0.5, 0.6) is 11.5 Å². The molecule has 7 heteroatoms. The molecule has 1 aliphatic heterocycles. The highest BCUT2D eigenvalue weighted by molar-refractivity contribution is 5.65. The molecule has 0 aliphatic carbocycles. The van der Waals surface area contributed by atoms with Gasteiger partial charge in [0.2, 0.25) is 5.95 Å². The van der Waals surface area contributed by atoms with Crippen LogP contribution >= 0.6 is 0 Å². The summed E-state index contributed by atoms with van der Waals surface area (Å²) in [5.41, 5.74) is 5.59. The fourth-order valence-corrected chi connectivity index (χ4v) is 3.76. The van der Waals surface area contributed by atoms with Gasteiger partial charge in [-0.2, -0.15) is 0 Å². The number of anilines is 3. The van der Waals surface area contributed by atoms with E-state index in [9.17, 15) is 0 Å². The Balaban J connectivity index is 1.44. The minimum atomic E-state index is 0.568. The summed E-state index contributed by atoms with van der Waals surface area (Å²) in [6, 6.07) is 14.3. The topological polar surface area (TPSA) is 62.8 Å². The van der Waals surface area contributed by atoms with E-state index >= 15 is 0 Å². The van der Waals surface area contributed by atoms with Gasteiger partial charge in [0, 0.05) is 63.7 Å². The third kappa shape index (κ3) is 4.88. The van der Waals surface area contributed by atoms with Gasteiger partial charge < -0.3 is 19.7 Å². The number of hydrogen-bond donors (Lipinski definition) is 1. The summed E-state index contributed by atoms with van der Waals surface area (Å²) in [4.78, 5) is 13.9. The summed E-state index contributed by atoms with van der Waals surface area (Å²) in [5, 5.41) is 3.27. The van der Waals surface area contributed by atoms with Crippen molar-refractivity contribution < 1.29 is 9.47 Å². The van der Waals surface area contributed by atoms with Crippen LogP contribution in [-0.4, -0.2) is 49.7 Å². The lowest BCUT2D eigenvalue weighted by molar-refractivity contribution is 0.243. The summed E-state index contributed by atoms with van der Waals surface area (Å²) < 4.78 is 10.8. The molecule has 0 saturated heterocycles. The normalized spacial score (nSPS) is 13.4. The maximum absolute atomic E-state index is 5.44. The lowest BCUT2D eigenvalue weighted by atomic mass is 10.1. The van der Waals surface area contributed by atoms with Crippen molar-refractivity contribution >= 4 is 17.3 Å². The Bertz CT molecular complexity index is 1040. The van der Waals surface area contributed by atoms with Crippen LogP contribution in [0.2, 0.25) is 0 Å². The fraction of sp³-hybridized carbons (Fsp3) is 0.333. The SMILES string of the molecule is COc1ccc(OC)c(Nc2ncc3c(n2)CCN(Cc2ccc(N(C)C)cc2)C3)c1. The molecule has 4 rings (SSSR count). The third-order valence-electron chi connectivity index (χ3n) is 5.53. The molecule has 0 radical (unpaired) electrons.